The van der Waals surface area contributed by atoms with Crippen molar-refractivity contribution in [3.63, 3.8) is 0 Å². The zero-order valence-corrected chi connectivity index (χ0v) is 23.0. The molecule has 0 bridgehead atoms. The summed E-state index contributed by atoms with van der Waals surface area (Å²) in [6.07, 6.45) is 4.11. The number of ether oxygens (including phenoxy) is 2. The summed E-state index contributed by atoms with van der Waals surface area (Å²) in [5.74, 6) is -1.42. The summed E-state index contributed by atoms with van der Waals surface area (Å²) < 4.78 is 10.3. The van der Waals surface area contributed by atoms with Crippen LogP contribution in [0.3, 0.4) is 0 Å². The van der Waals surface area contributed by atoms with Gasteiger partial charge in [0.2, 0.25) is 16.9 Å². The second-order valence-corrected chi connectivity index (χ2v) is 11.0. The number of esters is 1. The van der Waals surface area contributed by atoms with Crippen molar-refractivity contribution in [3.05, 3.63) is 29.8 Å². The van der Waals surface area contributed by atoms with Crippen LogP contribution in [0, 0.1) is 5.92 Å². The quantitative estimate of drug-likeness (QED) is 0.244. The number of carbonyl (C=O) groups excluding carboxylic acids is 4. The molecule has 10 heteroatoms. The minimum absolute atomic E-state index is 0.101. The van der Waals surface area contributed by atoms with Crippen LogP contribution < -0.4 is 10.6 Å². The van der Waals surface area contributed by atoms with Crippen molar-refractivity contribution in [1.82, 2.24) is 10.6 Å². The van der Waals surface area contributed by atoms with Crippen LogP contribution in [0.4, 0.5) is 0 Å². The zero-order chi connectivity index (χ0) is 27.4. The maximum atomic E-state index is 13.6. The molecule has 1 aromatic rings. The molecule has 0 heterocycles. The Morgan fingerprint density at radius 3 is 2.32 bits per heavy atom. The first kappa shape index (κ1) is 30.6. The number of phenolic OH excluding ortho intramolecular Hbond substituents is 1. The minimum atomic E-state index is -1.17. The lowest BCUT2D eigenvalue weighted by atomic mass is 9.94. The fourth-order valence-corrected chi connectivity index (χ4v) is 5.16. The SMILES string of the molecule is CCCCOC(=O)[C@H](Cc1ccc(O)cc1)NC(=O)C1(NC(=O)[C@@H](SC(=O)COC)C(C)C)CCCC1. The fraction of sp³-hybridized carbons (Fsp3) is 0.630. The van der Waals surface area contributed by atoms with Crippen molar-refractivity contribution in [2.75, 3.05) is 20.3 Å². The second kappa shape index (κ2) is 15.0. The fourth-order valence-electron chi connectivity index (χ4n) is 4.26. The van der Waals surface area contributed by atoms with Crippen molar-refractivity contribution >= 4 is 34.7 Å². The number of unbranched alkanes of at least 4 members (excludes halogenated alkanes) is 1. The molecule has 3 N–H and O–H groups in total. The van der Waals surface area contributed by atoms with Gasteiger partial charge in [-0.05, 0) is 42.9 Å². The van der Waals surface area contributed by atoms with Gasteiger partial charge in [0.15, 0.2) is 0 Å². The van der Waals surface area contributed by atoms with E-state index in [-0.39, 0.29) is 42.3 Å². The van der Waals surface area contributed by atoms with Crippen molar-refractivity contribution in [2.45, 2.75) is 82.5 Å². The number of aromatic hydroxyl groups is 1. The maximum absolute atomic E-state index is 13.6. The molecule has 2 rings (SSSR count). The van der Waals surface area contributed by atoms with E-state index < -0.39 is 28.7 Å². The lowest BCUT2D eigenvalue weighted by Crippen LogP contribution is -2.61. The van der Waals surface area contributed by atoms with Gasteiger partial charge in [0.25, 0.3) is 0 Å². The summed E-state index contributed by atoms with van der Waals surface area (Å²) in [5.41, 5.74) is -0.431. The van der Waals surface area contributed by atoms with Gasteiger partial charge in [-0.1, -0.05) is 63.9 Å². The Labute approximate surface area is 223 Å². The van der Waals surface area contributed by atoms with Crippen molar-refractivity contribution in [3.8, 4) is 5.75 Å². The van der Waals surface area contributed by atoms with Crippen LogP contribution in [-0.4, -0.2) is 65.2 Å². The van der Waals surface area contributed by atoms with Crippen LogP contribution in [0.5, 0.6) is 5.75 Å². The summed E-state index contributed by atoms with van der Waals surface area (Å²) in [6.45, 7) is 5.83. The minimum Gasteiger partial charge on any atom is -0.508 e. The van der Waals surface area contributed by atoms with Crippen molar-refractivity contribution in [2.24, 2.45) is 5.92 Å². The van der Waals surface area contributed by atoms with E-state index in [1.54, 1.807) is 12.1 Å². The lowest BCUT2D eigenvalue weighted by molar-refractivity contribution is -0.149. The van der Waals surface area contributed by atoms with Crippen LogP contribution in [0.15, 0.2) is 24.3 Å². The highest BCUT2D eigenvalue weighted by atomic mass is 32.2. The van der Waals surface area contributed by atoms with Gasteiger partial charge in [0, 0.05) is 13.5 Å². The topological polar surface area (TPSA) is 131 Å². The summed E-state index contributed by atoms with van der Waals surface area (Å²) in [4.78, 5) is 52.0. The van der Waals surface area contributed by atoms with E-state index >= 15 is 0 Å². The molecule has 1 fully saturated rings. The van der Waals surface area contributed by atoms with Gasteiger partial charge in [-0.25, -0.2) is 4.79 Å². The standard InChI is InChI=1S/C27H40N2O7S/c1-5-6-15-36-25(33)21(16-19-9-11-20(30)12-10-19)28-26(34)27(13-7-8-14-27)29-24(32)23(18(2)3)37-22(31)17-35-4/h9-12,18,21,23,30H,5-8,13-17H2,1-4H3,(H,28,34)(H,29,32)/t21-,23-/m0/s1. The van der Waals surface area contributed by atoms with E-state index in [0.29, 0.717) is 19.3 Å². The molecule has 0 saturated heterocycles. The number of hydrogen-bond donors (Lipinski definition) is 3. The molecule has 0 spiro atoms. The number of benzene rings is 1. The highest BCUT2D eigenvalue weighted by molar-refractivity contribution is 8.14. The highest BCUT2D eigenvalue weighted by Gasteiger charge is 2.45. The normalized spacial score (nSPS) is 16.1. The summed E-state index contributed by atoms with van der Waals surface area (Å²) in [5, 5.41) is 14.4. The number of hydrogen-bond acceptors (Lipinski definition) is 8. The molecule has 206 valence electrons. The number of nitrogens with one attached hydrogen (secondary N) is 2. The Bertz CT molecular complexity index is 914. The van der Waals surface area contributed by atoms with E-state index in [4.69, 9.17) is 9.47 Å². The summed E-state index contributed by atoms with van der Waals surface area (Å²) >= 11 is 0.910. The molecule has 2 amide bonds. The predicted octanol–water partition coefficient (Wildman–Crippen LogP) is 3.12. The van der Waals surface area contributed by atoms with Gasteiger partial charge in [-0.2, -0.15) is 0 Å². The Kier molecular flexibility index (Phi) is 12.4. The largest absolute Gasteiger partial charge is 0.508 e. The molecular weight excluding hydrogens is 496 g/mol. The number of methoxy groups -OCH3 is 1. The van der Waals surface area contributed by atoms with Crippen LogP contribution in [0.2, 0.25) is 0 Å². The third-order valence-corrected chi connectivity index (χ3v) is 7.74. The van der Waals surface area contributed by atoms with Crippen LogP contribution in [0.25, 0.3) is 0 Å². The predicted molar refractivity (Wildman–Crippen MR) is 142 cm³/mol. The van der Waals surface area contributed by atoms with Crippen LogP contribution in [-0.2, 0) is 35.1 Å². The van der Waals surface area contributed by atoms with E-state index in [9.17, 15) is 24.3 Å². The van der Waals surface area contributed by atoms with Crippen LogP contribution >= 0.6 is 11.8 Å². The molecule has 0 aromatic heterocycles. The molecule has 37 heavy (non-hydrogen) atoms. The number of carbonyl (C=O) groups is 4. The van der Waals surface area contributed by atoms with Gasteiger partial charge >= 0.3 is 5.97 Å². The second-order valence-electron chi connectivity index (χ2n) is 9.78. The molecule has 2 atom stereocenters. The number of thioether (sulfide) groups is 1. The molecule has 0 radical (unpaired) electrons. The molecule has 0 aliphatic heterocycles. The van der Waals surface area contributed by atoms with Gasteiger partial charge in [0.1, 0.15) is 23.9 Å². The Hall–Kier alpha value is -2.59. The molecule has 1 aliphatic rings. The number of rotatable bonds is 14. The number of amides is 2. The maximum Gasteiger partial charge on any atom is 0.328 e. The molecule has 1 aromatic carbocycles. The smallest absolute Gasteiger partial charge is 0.328 e. The Morgan fingerprint density at radius 1 is 1.11 bits per heavy atom. The highest BCUT2D eigenvalue weighted by Crippen LogP contribution is 2.32. The molecule has 1 aliphatic carbocycles. The lowest BCUT2D eigenvalue weighted by Gasteiger charge is -2.33. The first-order valence-electron chi connectivity index (χ1n) is 12.9. The van der Waals surface area contributed by atoms with E-state index in [1.165, 1.54) is 19.2 Å². The first-order chi connectivity index (χ1) is 17.6. The summed E-state index contributed by atoms with van der Waals surface area (Å²) in [7, 11) is 1.42. The molecular formula is C27H40N2O7S. The van der Waals surface area contributed by atoms with Gasteiger partial charge in [-0.3, -0.25) is 14.4 Å². The summed E-state index contributed by atoms with van der Waals surface area (Å²) in [6, 6.07) is 5.44. The van der Waals surface area contributed by atoms with Gasteiger partial charge in [-0.15, -0.1) is 0 Å². The molecule has 0 unspecified atom stereocenters. The van der Waals surface area contributed by atoms with E-state index in [2.05, 4.69) is 10.6 Å². The van der Waals surface area contributed by atoms with Gasteiger partial charge in [0.05, 0.1) is 11.9 Å². The van der Waals surface area contributed by atoms with Crippen LogP contribution in [0.1, 0.15) is 64.9 Å². The monoisotopic (exact) mass is 536 g/mol. The Morgan fingerprint density at radius 2 is 1.76 bits per heavy atom. The third-order valence-electron chi connectivity index (χ3n) is 6.35. The average Bonchev–Trinajstić information content (AvgIpc) is 3.33. The average molecular weight is 537 g/mol. The van der Waals surface area contributed by atoms with E-state index in [1.807, 2.05) is 20.8 Å². The zero-order valence-electron chi connectivity index (χ0n) is 22.2. The number of phenols is 1. The Balaban J connectivity index is 2.21. The van der Waals surface area contributed by atoms with Crippen molar-refractivity contribution < 1.29 is 33.8 Å². The molecule has 1 saturated carbocycles. The first-order valence-corrected chi connectivity index (χ1v) is 13.8. The third kappa shape index (κ3) is 9.34. The van der Waals surface area contributed by atoms with Gasteiger partial charge < -0.3 is 25.2 Å². The van der Waals surface area contributed by atoms with Crippen molar-refractivity contribution in [1.29, 1.82) is 0 Å². The molecule has 9 nitrogen and oxygen atoms in total. The van der Waals surface area contributed by atoms with E-state index in [0.717, 1.165) is 36.6 Å².